The predicted molar refractivity (Wildman–Crippen MR) is 143 cm³/mol. The summed E-state index contributed by atoms with van der Waals surface area (Å²) in [5, 5.41) is 12.2. The number of ketones is 1. The van der Waals surface area contributed by atoms with E-state index in [0.717, 1.165) is 21.3 Å². The third-order valence-corrected chi connectivity index (χ3v) is 7.69. The standard InChI is InChI=1S/C28H21ClN2O5S/c1-14-10-15(2)23-21(11-14)37-28(30-23)31-24(16-4-3-5-18(29)12-16)22(26(33)27(31)34)25(32)17-6-7-19-20(13-17)36-9-8-35-19/h3-7,10-13,24,32H,8-9H2,1-2H3/b25-22+/t24-/m0/s1. The number of anilines is 1. The number of hydrogen-bond donors (Lipinski definition) is 1. The Balaban J connectivity index is 1.55. The second-order valence-corrected chi connectivity index (χ2v) is 10.5. The van der Waals surface area contributed by atoms with Crippen LogP contribution in [-0.4, -0.2) is 35.0 Å². The fourth-order valence-electron chi connectivity index (χ4n) is 4.83. The summed E-state index contributed by atoms with van der Waals surface area (Å²) in [7, 11) is 0. The molecule has 0 aliphatic carbocycles. The molecule has 1 amide bonds. The Morgan fingerprint density at radius 1 is 1.05 bits per heavy atom. The zero-order valence-corrected chi connectivity index (χ0v) is 21.5. The van der Waals surface area contributed by atoms with Gasteiger partial charge < -0.3 is 14.6 Å². The average molecular weight is 533 g/mol. The zero-order chi connectivity index (χ0) is 25.8. The van der Waals surface area contributed by atoms with Crippen molar-refractivity contribution in [1.82, 2.24) is 4.98 Å². The molecule has 7 nitrogen and oxygen atoms in total. The van der Waals surface area contributed by atoms with Crippen LogP contribution >= 0.6 is 22.9 Å². The summed E-state index contributed by atoms with van der Waals surface area (Å²) < 4.78 is 12.1. The summed E-state index contributed by atoms with van der Waals surface area (Å²) in [5.74, 6) is -0.867. The van der Waals surface area contributed by atoms with Crippen LogP contribution in [0.25, 0.3) is 16.0 Å². The van der Waals surface area contributed by atoms with Crippen molar-refractivity contribution >= 4 is 55.7 Å². The molecular formula is C28H21ClN2O5S. The van der Waals surface area contributed by atoms with Gasteiger partial charge in [-0.15, -0.1) is 0 Å². The highest BCUT2D eigenvalue weighted by Gasteiger charge is 2.48. The van der Waals surface area contributed by atoms with E-state index in [2.05, 4.69) is 0 Å². The molecule has 1 aromatic heterocycles. The molecule has 2 aliphatic heterocycles. The third-order valence-electron chi connectivity index (χ3n) is 6.45. The summed E-state index contributed by atoms with van der Waals surface area (Å²) in [5.41, 5.74) is 3.69. The SMILES string of the molecule is Cc1cc(C)c2nc(N3C(=O)C(=O)/C(=C(/O)c4ccc5c(c4)OCCO5)[C@@H]3c3cccc(Cl)c3)sc2c1. The van der Waals surface area contributed by atoms with Crippen molar-refractivity contribution in [2.45, 2.75) is 19.9 Å². The minimum Gasteiger partial charge on any atom is -0.507 e. The van der Waals surface area contributed by atoms with Gasteiger partial charge in [-0.3, -0.25) is 14.5 Å². The number of halogens is 1. The lowest BCUT2D eigenvalue weighted by molar-refractivity contribution is -0.132. The molecule has 0 radical (unpaired) electrons. The largest absolute Gasteiger partial charge is 0.507 e. The highest BCUT2D eigenvalue weighted by Crippen LogP contribution is 2.45. The molecule has 3 heterocycles. The maximum absolute atomic E-state index is 13.5. The third kappa shape index (κ3) is 3.93. The fraction of sp³-hybridized carbons (Fsp3) is 0.179. The van der Waals surface area contributed by atoms with E-state index in [1.807, 2.05) is 26.0 Å². The van der Waals surface area contributed by atoms with Gasteiger partial charge in [0.15, 0.2) is 16.6 Å². The molecule has 0 unspecified atom stereocenters. The number of aliphatic hydroxyl groups is 1. The number of amides is 1. The number of hydrogen-bond acceptors (Lipinski definition) is 7. The van der Waals surface area contributed by atoms with Crippen molar-refractivity contribution < 1.29 is 24.2 Å². The van der Waals surface area contributed by atoms with Crippen molar-refractivity contribution in [2.75, 3.05) is 18.1 Å². The summed E-state index contributed by atoms with van der Waals surface area (Å²) >= 11 is 7.63. The molecule has 1 fully saturated rings. The van der Waals surface area contributed by atoms with Crippen molar-refractivity contribution in [2.24, 2.45) is 0 Å². The van der Waals surface area contributed by atoms with Gasteiger partial charge in [0.05, 0.1) is 21.8 Å². The summed E-state index contributed by atoms with van der Waals surface area (Å²) in [6.07, 6.45) is 0. The number of aromatic nitrogens is 1. The Hall–Kier alpha value is -3.88. The number of aryl methyl sites for hydroxylation is 2. The lowest BCUT2D eigenvalue weighted by atomic mass is 9.95. The zero-order valence-electron chi connectivity index (χ0n) is 19.9. The average Bonchev–Trinajstić information content (AvgIpc) is 3.42. The van der Waals surface area contributed by atoms with Crippen molar-refractivity contribution in [3.63, 3.8) is 0 Å². The van der Waals surface area contributed by atoms with Crippen LogP contribution < -0.4 is 14.4 Å². The Bertz CT molecular complexity index is 1640. The Labute approximate surface area is 221 Å². The molecular weight excluding hydrogens is 512 g/mol. The number of benzene rings is 3. The lowest BCUT2D eigenvalue weighted by Crippen LogP contribution is -2.29. The van der Waals surface area contributed by atoms with E-state index < -0.39 is 17.7 Å². The number of aliphatic hydroxyl groups excluding tert-OH is 1. The first-order valence-corrected chi connectivity index (χ1v) is 12.9. The molecule has 1 saturated heterocycles. The number of carbonyl (C=O) groups excluding carboxylic acids is 2. The normalized spacial score (nSPS) is 18.6. The highest BCUT2D eigenvalue weighted by atomic mass is 35.5. The summed E-state index contributed by atoms with van der Waals surface area (Å²) in [6, 6.07) is 14.9. The Morgan fingerprint density at radius 2 is 1.84 bits per heavy atom. The molecule has 0 spiro atoms. The molecule has 3 aromatic carbocycles. The molecule has 0 bridgehead atoms. The highest BCUT2D eigenvalue weighted by molar-refractivity contribution is 7.22. The van der Waals surface area contributed by atoms with E-state index in [1.54, 1.807) is 42.5 Å². The van der Waals surface area contributed by atoms with Crippen LogP contribution in [0.1, 0.15) is 28.3 Å². The fourth-order valence-corrected chi connectivity index (χ4v) is 6.20. The first-order chi connectivity index (χ1) is 17.8. The molecule has 1 N–H and O–H groups in total. The maximum atomic E-state index is 13.5. The van der Waals surface area contributed by atoms with Crippen LogP contribution in [0.3, 0.4) is 0 Å². The monoisotopic (exact) mass is 532 g/mol. The summed E-state index contributed by atoms with van der Waals surface area (Å²) in [4.78, 5) is 33.1. The van der Waals surface area contributed by atoms with Gasteiger partial charge in [0.1, 0.15) is 19.0 Å². The van der Waals surface area contributed by atoms with Gasteiger partial charge in [-0.1, -0.05) is 41.1 Å². The number of Topliss-reactive ketones (excluding diaryl/α,β-unsaturated/α-hetero) is 1. The minimum atomic E-state index is -0.922. The van der Waals surface area contributed by atoms with Crippen LogP contribution in [0.15, 0.2) is 60.2 Å². The number of thiazole rings is 1. The van der Waals surface area contributed by atoms with Gasteiger partial charge in [-0.05, 0) is 66.9 Å². The van der Waals surface area contributed by atoms with Crippen LogP contribution in [-0.2, 0) is 9.59 Å². The van der Waals surface area contributed by atoms with Crippen LogP contribution in [0.4, 0.5) is 5.13 Å². The van der Waals surface area contributed by atoms with Gasteiger partial charge in [-0.2, -0.15) is 0 Å². The molecule has 1 atom stereocenters. The van der Waals surface area contributed by atoms with E-state index in [0.29, 0.717) is 46.0 Å². The van der Waals surface area contributed by atoms with E-state index in [-0.39, 0.29) is 11.3 Å². The second-order valence-electron chi connectivity index (χ2n) is 9.01. The van der Waals surface area contributed by atoms with Crippen molar-refractivity contribution in [1.29, 1.82) is 0 Å². The minimum absolute atomic E-state index is 0.0453. The first kappa shape index (κ1) is 23.5. The Morgan fingerprint density at radius 3 is 2.62 bits per heavy atom. The quantitative estimate of drug-likeness (QED) is 0.199. The van der Waals surface area contributed by atoms with Gasteiger partial charge in [0, 0.05) is 10.6 Å². The molecule has 9 heteroatoms. The maximum Gasteiger partial charge on any atom is 0.301 e. The topological polar surface area (TPSA) is 89.0 Å². The van der Waals surface area contributed by atoms with E-state index in [4.69, 9.17) is 26.1 Å². The molecule has 186 valence electrons. The number of fused-ring (bicyclic) bond motifs is 2. The summed E-state index contributed by atoms with van der Waals surface area (Å²) in [6.45, 7) is 4.76. The van der Waals surface area contributed by atoms with Crippen LogP contribution in [0, 0.1) is 13.8 Å². The molecule has 6 rings (SSSR count). The molecule has 0 saturated carbocycles. The van der Waals surface area contributed by atoms with E-state index in [9.17, 15) is 14.7 Å². The molecule has 2 aliphatic rings. The van der Waals surface area contributed by atoms with E-state index >= 15 is 0 Å². The van der Waals surface area contributed by atoms with Crippen molar-refractivity contribution in [3.05, 3.63) is 87.4 Å². The van der Waals surface area contributed by atoms with Crippen LogP contribution in [0.5, 0.6) is 11.5 Å². The first-order valence-electron chi connectivity index (χ1n) is 11.7. The number of nitrogens with zero attached hydrogens (tertiary/aromatic N) is 2. The molecule has 37 heavy (non-hydrogen) atoms. The van der Waals surface area contributed by atoms with Gasteiger partial charge in [0.25, 0.3) is 5.78 Å². The Kier molecular flexibility index (Phi) is 5.66. The van der Waals surface area contributed by atoms with Gasteiger partial charge in [0.2, 0.25) is 0 Å². The number of carbonyl (C=O) groups is 2. The van der Waals surface area contributed by atoms with Crippen molar-refractivity contribution in [3.8, 4) is 11.5 Å². The number of rotatable bonds is 3. The van der Waals surface area contributed by atoms with Gasteiger partial charge >= 0.3 is 5.91 Å². The predicted octanol–water partition coefficient (Wildman–Crippen LogP) is 5.96. The molecule has 4 aromatic rings. The number of ether oxygens (including phenoxy) is 2. The smallest absolute Gasteiger partial charge is 0.301 e. The van der Waals surface area contributed by atoms with Crippen LogP contribution in [0.2, 0.25) is 5.02 Å². The van der Waals surface area contributed by atoms with Gasteiger partial charge in [-0.25, -0.2) is 4.98 Å². The second kappa shape index (κ2) is 8.90. The van der Waals surface area contributed by atoms with E-state index in [1.165, 1.54) is 16.2 Å². The lowest BCUT2D eigenvalue weighted by Gasteiger charge is -2.23.